The fourth-order valence-electron chi connectivity index (χ4n) is 3.37. The first-order valence-electron chi connectivity index (χ1n) is 9.83. The minimum Gasteiger partial charge on any atom is -0.355 e. The summed E-state index contributed by atoms with van der Waals surface area (Å²) in [6, 6.07) is 12.4. The van der Waals surface area contributed by atoms with Crippen LogP contribution in [-0.2, 0) is 20.6 Å². The van der Waals surface area contributed by atoms with Crippen LogP contribution in [0, 0.1) is 5.92 Å². The smallest absolute Gasteiger partial charge is 0.224 e. The van der Waals surface area contributed by atoms with Crippen LogP contribution < -0.4 is 5.32 Å². The van der Waals surface area contributed by atoms with Crippen LogP contribution in [0.1, 0.15) is 18.4 Å². The van der Waals surface area contributed by atoms with E-state index in [1.807, 2.05) is 24.3 Å². The Balaban J connectivity index is 1.51. The van der Waals surface area contributed by atoms with Gasteiger partial charge in [-0.15, -0.1) is 11.8 Å². The Morgan fingerprint density at radius 2 is 1.77 bits per heavy atom. The molecule has 1 saturated heterocycles. The van der Waals surface area contributed by atoms with E-state index in [0.29, 0.717) is 52.3 Å². The molecule has 1 aliphatic rings. The van der Waals surface area contributed by atoms with E-state index in [0.717, 1.165) is 4.90 Å². The Morgan fingerprint density at radius 3 is 2.45 bits per heavy atom. The lowest BCUT2D eigenvalue weighted by Crippen LogP contribution is -2.46. The Hall–Kier alpha value is -0.960. The summed E-state index contributed by atoms with van der Waals surface area (Å²) < 4.78 is 27.2. The molecule has 0 spiro atoms. The van der Waals surface area contributed by atoms with Gasteiger partial charge in [0.25, 0.3) is 0 Å². The third-order valence-electron chi connectivity index (χ3n) is 5.02. The summed E-state index contributed by atoms with van der Waals surface area (Å²) in [5.74, 6) is -0.0526. The normalized spacial score (nSPS) is 17.5. The number of carbonyl (C=O) groups excluding carboxylic acids is 1. The Kier molecular flexibility index (Phi) is 8.96. The molecule has 1 atom stereocenters. The van der Waals surface area contributed by atoms with Crippen molar-refractivity contribution in [2.24, 2.45) is 5.92 Å². The van der Waals surface area contributed by atoms with Crippen molar-refractivity contribution in [3.05, 3.63) is 63.1 Å². The number of nitrogens with zero attached hydrogens (tertiary/aromatic N) is 1. The van der Waals surface area contributed by atoms with Gasteiger partial charge in [0, 0.05) is 50.9 Å². The van der Waals surface area contributed by atoms with Gasteiger partial charge in [0.15, 0.2) is 0 Å². The van der Waals surface area contributed by atoms with Crippen molar-refractivity contribution in [1.82, 2.24) is 9.62 Å². The highest BCUT2D eigenvalue weighted by Gasteiger charge is 2.33. The molecule has 0 aliphatic carbocycles. The van der Waals surface area contributed by atoms with Crippen molar-refractivity contribution in [3.63, 3.8) is 0 Å². The molecular formula is C21H23Cl3N2O3S2. The molecule has 0 bridgehead atoms. The van der Waals surface area contributed by atoms with Crippen LogP contribution in [0.15, 0.2) is 47.4 Å². The first-order chi connectivity index (χ1) is 14.8. The molecule has 0 aromatic heterocycles. The fraction of sp³-hybridized carbons (Fsp3) is 0.381. The number of carbonyl (C=O) groups is 1. The highest BCUT2D eigenvalue weighted by molar-refractivity contribution is 7.99. The lowest BCUT2D eigenvalue weighted by molar-refractivity contribution is -0.125. The Labute approximate surface area is 202 Å². The molecule has 2 aromatic carbocycles. The number of hydrogen-bond acceptors (Lipinski definition) is 4. The van der Waals surface area contributed by atoms with E-state index >= 15 is 0 Å². The summed E-state index contributed by atoms with van der Waals surface area (Å²) in [6.07, 6.45) is 1.29. The van der Waals surface area contributed by atoms with Crippen molar-refractivity contribution < 1.29 is 13.2 Å². The van der Waals surface area contributed by atoms with Gasteiger partial charge in [-0.3, -0.25) is 4.79 Å². The number of amides is 1. The summed E-state index contributed by atoms with van der Waals surface area (Å²) in [4.78, 5) is 13.7. The van der Waals surface area contributed by atoms with Gasteiger partial charge in [-0.2, -0.15) is 0 Å². The fourth-order valence-corrected chi connectivity index (χ4v) is 6.63. The number of benzene rings is 2. The Morgan fingerprint density at radius 1 is 1.10 bits per heavy atom. The largest absolute Gasteiger partial charge is 0.355 e. The number of halogens is 3. The van der Waals surface area contributed by atoms with Crippen LogP contribution >= 0.6 is 46.6 Å². The van der Waals surface area contributed by atoms with E-state index in [2.05, 4.69) is 5.32 Å². The maximum absolute atomic E-state index is 12.9. The molecule has 5 nitrogen and oxygen atoms in total. The molecule has 1 N–H and O–H groups in total. The zero-order valence-corrected chi connectivity index (χ0v) is 20.6. The molecule has 3 rings (SSSR count). The molecule has 10 heteroatoms. The van der Waals surface area contributed by atoms with E-state index in [9.17, 15) is 13.2 Å². The number of thioether (sulfide) groups is 1. The van der Waals surface area contributed by atoms with Crippen LogP contribution in [0.4, 0.5) is 0 Å². The molecule has 1 aliphatic heterocycles. The minimum atomic E-state index is -3.64. The second-order valence-corrected chi connectivity index (χ2v) is 11.6. The second kappa shape index (κ2) is 11.3. The first-order valence-corrected chi connectivity index (χ1v) is 13.6. The monoisotopic (exact) mass is 520 g/mol. The van der Waals surface area contributed by atoms with Crippen LogP contribution in [0.5, 0.6) is 0 Å². The zero-order valence-electron chi connectivity index (χ0n) is 16.7. The summed E-state index contributed by atoms with van der Waals surface area (Å²) >= 11 is 19.8. The number of nitrogens with one attached hydrogen (secondary N) is 1. The quantitative estimate of drug-likeness (QED) is 0.388. The van der Waals surface area contributed by atoms with Crippen molar-refractivity contribution in [2.45, 2.75) is 23.5 Å². The predicted molar refractivity (Wildman–Crippen MR) is 129 cm³/mol. The lowest BCUT2D eigenvalue weighted by atomic mass is 9.99. The number of hydrogen-bond donors (Lipinski definition) is 1. The molecule has 0 radical (unpaired) electrons. The van der Waals surface area contributed by atoms with E-state index < -0.39 is 10.0 Å². The van der Waals surface area contributed by atoms with E-state index in [4.69, 9.17) is 34.8 Å². The van der Waals surface area contributed by atoms with E-state index in [-0.39, 0.29) is 24.1 Å². The maximum Gasteiger partial charge on any atom is 0.224 e. The summed E-state index contributed by atoms with van der Waals surface area (Å²) in [7, 11) is -3.64. The molecule has 2 aromatic rings. The molecule has 1 heterocycles. The maximum atomic E-state index is 12.9. The first kappa shape index (κ1) is 24.7. The third-order valence-corrected chi connectivity index (χ3v) is 8.77. The number of rotatable bonds is 8. The molecular weight excluding hydrogens is 499 g/mol. The highest BCUT2D eigenvalue weighted by atomic mass is 35.5. The van der Waals surface area contributed by atoms with Crippen LogP contribution in [0.2, 0.25) is 15.1 Å². The number of piperidine rings is 1. The van der Waals surface area contributed by atoms with Gasteiger partial charge in [-0.25, -0.2) is 12.7 Å². The molecule has 1 fully saturated rings. The minimum absolute atomic E-state index is 0.118. The molecule has 0 saturated carbocycles. The van der Waals surface area contributed by atoms with Crippen LogP contribution in [-0.4, -0.2) is 44.0 Å². The highest BCUT2D eigenvalue weighted by Crippen LogP contribution is 2.29. The van der Waals surface area contributed by atoms with Crippen molar-refractivity contribution >= 4 is 62.5 Å². The average molecular weight is 522 g/mol. The van der Waals surface area contributed by atoms with Crippen LogP contribution in [0.25, 0.3) is 0 Å². The van der Waals surface area contributed by atoms with Gasteiger partial charge in [0.1, 0.15) is 0 Å². The SMILES string of the molecule is O=C(NCCSc1ccc(Cl)cc1)C1CCCN(S(=O)(=O)Cc2c(Cl)cccc2Cl)C1. The lowest BCUT2D eigenvalue weighted by Gasteiger charge is -2.31. The van der Waals surface area contributed by atoms with E-state index in [1.54, 1.807) is 30.0 Å². The van der Waals surface area contributed by atoms with Crippen molar-refractivity contribution in [1.29, 1.82) is 0 Å². The summed E-state index contributed by atoms with van der Waals surface area (Å²) in [6.45, 7) is 1.06. The van der Waals surface area contributed by atoms with Crippen molar-refractivity contribution in [3.8, 4) is 0 Å². The van der Waals surface area contributed by atoms with Gasteiger partial charge in [-0.05, 0) is 49.2 Å². The second-order valence-electron chi connectivity index (χ2n) is 7.25. The number of sulfonamides is 1. The van der Waals surface area contributed by atoms with E-state index in [1.165, 1.54) is 4.31 Å². The standard InChI is InChI=1S/C21H23Cl3N2O3S2/c22-16-6-8-17(9-7-16)30-12-10-25-21(27)15-3-2-11-26(13-15)31(28,29)14-18-19(23)4-1-5-20(18)24/h1,4-9,15H,2-3,10-14H2,(H,25,27). The van der Waals surface area contributed by atoms with Crippen molar-refractivity contribution in [2.75, 3.05) is 25.4 Å². The van der Waals surface area contributed by atoms with Gasteiger partial charge in [0.2, 0.25) is 15.9 Å². The summed E-state index contributed by atoms with van der Waals surface area (Å²) in [5, 5.41) is 4.25. The van der Waals surface area contributed by atoms with Gasteiger partial charge < -0.3 is 5.32 Å². The molecule has 31 heavy (non-hydrogen) atoms. The molecule has 1 amide bonds. The Bertz CT molecular complexity index is 997. The third kappa shape index (κ3) is 7.01. The average Bonchev–Trinajstić information content (AvgIpc) is 2.75. The van der Waals surface area contributed by atoms with Crippen LogP contribution in [0.3, 0.4) is 0 Å². The summed E-state index contributed by atoms with van der Waals surface area (Å²) in [5.41, 5.74) is 0.386. The molecule has 1 unspecified atom stereocenters. The van der Waals surface area contributed by atoms with Gasteiger partial charge in [0.05, 0.1) is 11.7 Å². The van der Waals surface area contributed by atoms with Gasteiger partial charge >= 0.3 is 0 Å². The zero-order chi connectivity index (χ0) is 22.4. The predicted octanol–water partition coefficient (Wildman–Crippen LogP) is 5.10. The molecule has 168 valence electrons. The van der Waals surface area contributed by atoms with Gasteiger partial charge in [-0.1, -0.05) is 40.9 Å². The topological polar surface area (TPSA) is 66.5 Å².